The number of nitrogens with one attached hydrogen (secondary N) is 1. The van der Waals surface area contributed by atoms with Crippen LogP contribution in [0.5, 0.6) is 0 Å². The zero-order chi connectivity index (χ0) is 10.7. The Labute approximate surface area is 91.6 Å². The first-order valence-electron chi connectivity index (χ1n) is 4.74. The van der Waals surface area contributed by atoms with Gasteiger partial charge in [0.25, 0.3) is 5.89 Å². The van der Waals surface area contributed by atoms with E-state index in [0.717, 1.165) is 12.1 Å². The second-order valence-electron chi connectivity index (χ2n) is 3.07. The second-order valence-corrected chi connectivity index (χ2v) is 3.79. The Kier molecular flexibility index (Phi) is 3.08. The first-order chi connectivity index (χ1) is 7.35. The van der Waals surface area contributed by atoms with Gasteiger partial charge in [-0.1, -0.05) is 6.92 Å². The molecule has 0 aliphatic heterocycles. The summed E-state index contributed by atoms with van der Waals surface area (Å²) < 4.78 is 5.53. The minimum absolute atomic E-state index is 0.116. The second kappa shape index (κ2) is 4.50. The molecule has 1 unspecified atom stereocenters. The third-order valence-corrected chi connectivity index (χ3v) is 2.73. The molecule has 0 aliphatic rings. The Morgan fingerprint density at radius 2 is 2.40 bits per heavy atom. The minimum atomic E-state index is 0.116. The average Bonchev–Trinajstić information content (AvgIpc) is 2.89. The molecule has 0 amide bonds. The third kappa shape index (κ3) is 2.05. The Bertz CT molecular complexity index is 407. The van der Waals surface area contributed by atoms with Crippen molar-refractivity contribution in [1.29, 1.82) is 0 Å². The zero-order valence-corrected chi connectivity index (χ0v) is 9.41. The van der Waals surface area contributed by atoms with Crippen LogP contribution in [0.25, 0.3) is 11.6 Å². The number of rotatable bonds is 4. The lowest BCUT2D eigenvalue weighted by Crippen LogP contribution is -2.15. The van der Waals surface area contributed by atoms with E-state index in [-0.39, 0.29) is 6.04 Å². The van der Waals surface area contributed by atoms with Crippen LogP contribution in [0.4, 0.5) is 0 Å². The van der Waals surface area contributed by atoms with Gasteiger partial charge >= 0.3 is 0 Å². The fraction of sp³-hybridized carbons (Fsp3) is 0.444. The number of hydrogen-bond acceptors (Lipinski definition) is 6. The number of nitrogens with zero attached hydrogens (tertiary/aromatic N) is 3. The molecule has 6 heteroatoms. The smallest absolute Gasteiger partial charge is 0.267 e. The molecule has 0 aromatic carbocycles. The third-order valence-electron chi connectivity index (χ3n) is 2.15. The molecule has 0 saturated carbocycles. The maximum atomic E-state index is 5.53. The van der Waals surface area contributed by atoms with Gasteiger partial charge in [0, 0.05) is 5.38 Å². The number of aromatic nitrogens is 3. The number of thiazole rings is 1. The SMILES string of the molecule is CCC(NC)c1nnc(-c2cscn2)o1. The summed E-state index contributed by atoms with van der Waals surface area (Å²) in [4.78, 5) is 4.11. The van der Waals surface area contributed by atoms with Crippen molar-refractivity contribution in [2.24, 2.45) is 0 Å². The average molecular weight is 224 g/mol. The molecule has 2 aromatic heterocycles. The Morgan fingerprint density at radius 3 is 3.00 bits per heavy atom. The van der Waals surface area contributed by atoms with Gasteiger partial charge in [-0.05, 0) is 13.5 Å². The van der Waals surface area contributed by atoms with Crippen LogP contribution >= 0.6 is 11.3 Å². The maximum Gasteiger partial charge on any atom is 0.267 e. The molecule has 1 atom stereocenters. The van der Waals surface area contributed by atoms with E-state index in [1.165, 1.54) is 11.3 Å². The lowest BCUT2D eigenvalue weighted by molar-refractivity contribution is 0.414. The Balaban J connectivity index is 2.24. The normalized spacial score (nSPS) is 12.9. The highest BCUT2D eigenvalue weighted by molar-refractivity contribution is 7.07. The van der Waals surface area contributed by atoms with Crippen LogP contribution in [0.2, 0.25) is 0 Å². The van der Waals surface area contributed by atoms with Gasteiger partial charge in [-0.3, -0.25) is 0 Å². The largest absolute Gasteiger partial charge is 0.418 e. The van der Waals surface area contributed by atoms with E-state index >= 15 is 0 Å². The predicted octanol–water partition coefficient (Wildman–Crippen LogP) is 1.86. The summed E-state index contributed by atoms with van der Waals surface area (Å²) in [6.07, 6.45) is 0.912. The van der Waals surface area contributed by atoms with Crippen molar-refractivity contribution in [3.63, 3.8) is 0 Å². The topological polar surface area (TPSA) is 63.8 Å². The Morgan fingerprint density at radius 1 is 1.53 bits per heavy atom. The van der Waals surface area contributed by atoms with Crippen LogP contribution in [0, 0.1) is 0 Å². The van der Waals surface area contributed by atoms with Gasteiger partial charge in [-0.2, -0.15) is 0 Å². The summed E-state index contributed by atoms with van der Waals surface area (Å²) >= 11 is 1.51. The van der Waals surface area contributed by atoms with E-state index in [0.29, 0.717) is 11.8 Å². The van der Waals surface area contributed by atoms with Gasteiger partial charge in [-0.15, -0.1) is 21.5 Å². The molecule has 1 N–H and O–H groups in total. The van der Waals surface area contributed by atoms with Crippen LogP contribution in [0.1, 0.15) is 25.3 Å². The Hall–Kier alpha value is -1.27. The van der Waals surface area contributed by atoms with Crippen LogP contribution in [-0.4, -0.2) is 22.2 Å². The highest BCUT2D eigenvalue weighted by atomic mass is 32.1. The van der Waals surface area contributed by atoms with Gasteiger partial charge < -0.3 is 9.73 Å². The van der Waals surface area contributed by atoms with Gasteiger partial charge in [0.1, 0.15) is 5.69 Å². The molecule has 80 valence electrons. The molecule has 0 fully saturated rings. The van der Waals surface area contributed by atoms with E-state index in [4.69, 9.17) is 4.42 Å². The summed E-state index contributed by atoms with van der Waals surface area (Å²) in [5.41, 5.74) is 2.49. The molecule has 0 saturated heterocycles. The van der Waals surface area contributed by atoms with Crippen molar-refractivity contribution in [2.75, 3.05) is 7.05 Å². The van der Waals surface area contributed by atoms with E-state index in [1.54, 1.807) is 5.51 Å². The first-order valence-corrected chi connectivity index (χ1v) is 5.68. The maximum absolute atomic E-state index is 5.53. The van der Waals surface area contributed by atoms with Crippen LogP contribution < -0.4 is 5.32 Å². The van der Waals surface area contributed by atoms with Gasteiger partial charge in [0.05, 0.1) is 11.6 Å². The highest BCUT2D eigenvalue weighted by Crippen LogP contribution is 2.21. The fourth-order valence-corrected chi connectivity index (χ4v) is 1.83. The van der Waals surface area contributed by atoms with E-state index in [2.05, 4.69) is 27.4 Å². The quantitative estimate of drug-likeness (QED) is 0.858. The molecule has 0 aliphatic carbocycles. The van der Waals surface area contributed by atoms with E-state index in [9.17, 15) is 0 Å². The highest BCUT2D eigenvalue weighted by Gasteiger charge is 2.16. The molecule has 0 radical (unpaired) electrons. The molecule has 15 heavy (non-hydrogen) atoms. The molecule has 5 nitrogen and oxygen atoms in total. The van der Waals surface area contributed by atoms with Crippen molar-refractivity contribution in [3.05, 3.63) is 16.8 Å². The molecule has 2 heterocycles. The summed E-state index contributed by atoms with van der Waals surface area (Å²) in [6.45, 7) is 2.06. The fourth-order valence-electron chi connectivity index (χ4n) is 1.30. The molecular weight excluding hydrogens is 212 g/mol. The van der Waals surface area contributed by atoms with Crippen molar-refractivity contribution < 1.29 is 4.42 Å². The molecule has 2 aromatic rings. The first kappa shape index (κ1) is 10.3. The zero-order valence-electron chi connectivity index (χ0n) is 8.60. The summed E-state index contributed by atoms with van der Waals surface area (Å²) in [5.74, 6) is 1.10. The van der Waals surface area contributed by atoms with Crippen LogP contribution in [0.3, 0.4) is 0 Å². The summed E-state index contributed by atoms with van der Waals surface area (Å²) in [6, 6.07) is 0.116. The van der Waals surface area contributed by atoms with Gasteiger partial charge in [0.15, 0.2) is 0 Å². The molecular formula is C9H12N4OS. The van der Waals surface area contributed by atoms with Gasteiger partial charge in [-0.25, -0.2) is 4.98 Å². The van der Waals surface area contributed by atoms with Crippen molar-refractivity contribution in [3.8, 4) is 11.6 Å². The molecule has 2 rings (SSSR count). The van der Waals surface area contributed by atoms with Crippen molar-refractivity contribution in [1.82, 2.24) is 20.5 Å². The monoisotopic (exact) mass is 224 g/mol. The molecule has 0 spiro atoms. The van der Waals surface area contributed by atoms with Crippen molar-refractivity contribution >= 4 is 11.3 Å². The van der Waals surface area contributed by atoms with Crippen LogP contribution in [-0.2, 0) is 0 Å². The lowest BCUT2D eigenvalue weighted by Gasteiger charge is -2.06. The van der Waals surface area contributed by atoms with Gasteiger partial charge in [0.2, 0.25) is 5.89 Å². The summed E-state index contributed by atoms with van der Waals surface area (Å²) in [7, 11) is 1.88. The van der Waals surface area contributed by atoms with E-state index in [1.807, 2.05) is 12.4 Å². The standard InChI is InChI=1S/C9H12N4OS/c1-3-6(10-2)8-12-13-9(14-8)7-4-15-5-11-7/h4-6,10H,3H2,1-2H3. The number of hydrogen-bond donors (Lipinski definition) is 1. The van der Waals surface area contributed by atoms with Crippen LogP contribution in [0.15, 0.2) is 15.3 Å². The minimum Gasteiger partial charge on any atom is -0.418 e. The lowest BCUT2D eigenvalue weighted by atomic mass is 10.2. The predicted molar refractivity (Wildman–Crippen MR) is 57.5 cm³/mol. The van der Waals surface area contributed by atoms with Crippen molar-refractivity contribution in [2.45, 2.75) is 19.4 Å². The summed E-state index contributed by atoms with van der Waals surface area (Å²) in [5, 5.41) is 13.0. The molecule has 0 bridgehead atoms. The van der Waals surface area contributed by atoms with E-state index < -0.39 is 0 Å².